The van der Waals surface area contributed by atoms with Gasteiger partial charge in [-0.2, -0.15) is 0 Å². The van der Waals surface area contributed by atoms with Crippen molar-refractivity contribution in [3.8, 4) is 51.4 Å². The first-order valence-corrected chi connectivity index (χ1v) is 43.6. The number of Topliss-reactive ketones (excluding diaryl/α,β-unsaturated/α-hetero) is 3. The maximum Gasteiger partial charge on any atom is 0.295 e. The molecule has 0 spiro atoms. The number of amides is 6. The first-order chi connectivity index (χ1) is 60.8. The van der Waals surface area contributed by atoms with Crippen LogP contribution in [-0.4, -0.2) is 237 Å². The highest BCUT2D eigenvalue weighted by molar-refractivity contribution is 6.32. The molecule has 7 heterocycles. The van der Waals surface area contributed by atoms with Gasteiger partial charge in [-0.15, -0.1) is 0 Å². The summed E-state index contributed by atoms with van der Waals surface area (Å²) < 4.78 is 45.0. The van der Waals surface area contributed by atoms with E-state index in [4.69, 9.17) is 62.1 Å². The van der Waals surface area contributed by atoms with E-state index in [-0.39, 0.29) is 101 Å². The number of carbonyl (C=O) groups is 10. The van der Waals surface area contributed by atoms with Crippen LogP contribution in [0.3, 0.4) is 0 Å². The molecule has 22 atom stereocenters. The molecule has 7 aliphatic heterocycles. The van der Waals surface area contributed by atoms with Crippen molar-refractivity contribution in [2.45, 2.75) is 272 Å². The highest BCUT2D eigenvalue weighted by Gasteiger charge is 2.53. The fourth-order valence-electron chi connectivity index (χ4n) is 16.6. The molecule has 0 aliphatic carbocycles. The van der Waals surface area contributed by atoms with E-state index < -0.39 is 270 Å². The van der Waals surface area contributed by atoms with Crippen LogP contribution in [0.2, 0.25) is 10.0 Å². The maximum atomic E-state index is 16.6. The van der Waals surface area contributed by atoms with E-state index in [1.54, 1.807) is 13.8 Å². The number of fused-ring (bicyclic) bond motifs is 15. The number of primary amides is 1. The van der Waals surface area contributed by atoms with Gasteiger partial charge in [0, 0.05) is 79.4 Å². The van der Waals surface area contributed by atoms with Crippen LogP contribution in [0.15, 0.2) is 78.9 Å². The van der Waals surface area contributed by atoms with Crippen LogP contribution in [0.25, 0.3) is 11.1 Å². The zero-order valence-corrected chi connectivity index (χ0v) is 73.0. The third-order valence-corrected chi connectivity index (χ3v) is 24.3. The Morgan fingerprint density at radius 2 is 1.34 bits per heavy atom. The molecule has 0 aromatic heterocycles. The van der Waals surface area contributed by atoms with Gasteiger partial charge in [-0.3, -0.25) is 47.9 Å². The summed E-state index contributed by atoms with van der Waals surface area (Å²) in [6.45, 7) is 8.39. The molecule has 128 heavy (non-hydrogen) atoms. The van der Waals surface area contributed by atoms with Gasteiger partial charge in [0.15, 0.2) is 41.2 Å². The Balaban J connectivity index is 1.17. The van der Waals surface area contributed by atoms with Gasteiger partial charge in [0.2, 0.25) is 53.7 Å². The highest BCUT2D eigenvalue weighted by atomic mass is 35.5. The van der Waals surface area contributed by atoms with Crippen molar-refractivity contribution in [1.82, 2.24) is 26.6 Å². The molecule has 2 saturated heterocycles. The standard InChI is InChI=1S/C89H115Cl2N7O30/c1-7-9-10-11-12-13-14-18-67(109)98-89(6)37-68(123-42(5)82(89)117)127-81-79(116)77(114)65(39-100)126-88(81)128-80-63-31-47-32-64(80)125-62-24-21-46(29-54(62)91)74(111)72-86(121)97-87(122-40-101)52-34-49(102)35-55(93-25-16-15-17-57(104)75(112)78(115)76(113)60(107)38-99)69(52)51-27-44(19-22-56(51)103)50(85(120)96-72)36-59(106)70(47)94-84(119)48(33-66(92)108)30-58(105)71(95-83(118)43(8-2)26-41(3)4)73(110)45-20-23-61(124-63)53(90)28-45/h19-24,27-29,31-32,34-35,40-43,48,50,60,65,68,70-79,81-82,87-88,93,99-100,102-103,107,110-117H,7-18,25-26,30,33,36-39H2,1-6H3,(H2,92,108)(H,94,119)(H,95,118)(H,96,120)(H,97,121)(H,98,109)/t42?,43-,48+,50+,60-,65-,68+,70-,71+,72+,73-,74-,75+,76-,77?,78-,79?,81-,82-,87-,88?,89?/m1/s1. The van der Waals surface area contributed by atoms with E-state index in [9.17, 15) is 90.4 Å². The fourth-order valence-corrected chi connectivity index (χ4v) is 17.0. The lowest BCUT2D eigenvalue weighted by Gasteiger charge is -2.48. The topological polar surface area (TPSA) is 597 Å². The highest BCUT2D eigenvalue weighted by Crippen LogP contribution is 2.51. The SMILES string of the molecule is CCCCCCCCCC(=O)NC1(C)C[C@H](O[C@H]2C(Oc3c4cc5cc3Oc3ccc(cc3Cl)[C@@H](O)[C@@H](NC(=O)[C@H](CC)CC(C)C)C(=O)C[C@@H](CC(N)=O)C(=O)N[C@H]5C(=O)C[C@@H]3C(=O)N[C@H](C(=O)N[C@H](OC=O)c5cc(O)cc(NCCCCC(=O)[C@H](O)[C@@H](O)[C@H](O)[C@H](O)CO)c5-c5cc3ccc5O)[C@H](O)c3ccc(c(Cl)c3)O4)O[C@H](CO)C(O)C2O)OC(C)[C@H]1O. The molecule has 5 aromatic carbocycles. The lowest BCUT2D eigenvalue weighted by atomic mass is 9.84. The molecule has 5 unspecified atom stereocenters. The molecule has 2 fully saturated rings. The minimum absolute atomic E-state index is 0.0257. The van der Waals surface area contributed by atoms with E-state index in [1.165, 1.54) is 43.3 Å². The van der Waals surface area contributed by atoms with Crippen molar-refractivity contribution < 1.29 is 147 Å². The van der Waals surface area contributed by atoms with Crippen molar-refractivity contribution in [2.24, 2.45) is 23.5 Å². The number of aliphatic hydroxyl groups excluding tert-OH is 11. The molecule has 6 amide bonds. The zero-order chi connectivity index (χ0) is 93.4. The van der Waals surface area contributed by atoms with E-state index in [2.05, 4.69) is 38.8 Å². The Labute approximate surface area is 747 Å². The van der Waals surface area contributed by atoms with Crippen molar-refractivity contribution in [1.29, 1.82) is 0 Å². The lowest BCUT2D eigenvalue weighted by Crippen LogP contribution is -2.66. The van der Waals surface area contributed by atoms with Gasteiger partial charge >= 0.3 is 0 Å². The molecule has 7 aliphatic rings. The van der Waals surface area contributed by atoms with Crippen LogP contribution in [0, 0.1) is 17.8 Å². The molecule has 11 bridgehead atoms. The maximum absolute atomic E-state index is 16.6. The molecule has 5 aromatic rings. The molecule has 700 valence electrons. The first kappa shape index (κ1) is 100. The fraction of sp³-hybridized carbons (Fsp3) is 0.551. The van der Waals surface area contributed by atoms with E-state index >= 15 is 24.0 Å². The number of phenolic OH excluding ortho intramolecular Hbond substituents is 2. The van der Waals surface area contributed by atoms with Crippen LogP contribution in [-0.2, 0) is 66.9 Å². The number of hydrogen-bond acceptors (Lipinski definition) is 31. The first-order valence-electron chi connectivity index (χ1n) is 42.8. The quantitative estimate of drug-likeness (QED) is 0.0195. The number of nitrogens with one attached hydrogen (secondary N) is 6. The number of aromatic hydroxyl groups is 2. The van der Waals surface area contributed by atoms with Gasteiger partial charge in [-0.05, 0) is 129 Å². The summed E-state index contributed by atoms with van der Waals surface area (Å²) in [4.78, 5) is 146. The Bertz CT molecular complexity index is 4800. The van der Waals surface area contributed by atoms with Crippen molar-refractivity contribution >= 4 is 88.2 Å². The Kier molecular flexibility index (Phi) is 35.4. The van der Waals surface area contributed by atoms with Gasteiger partial charge in [0.25, 0.3) is 6.47 Å². The predicted molar refractivity (Wildman–Crippen MR) is 456 cm³/mol. The second-order valence-electron chi connectivity index (χ2n) is 33.8. The van der Waals surface area contributed by atoms with E-state index in [0.29, 0.717) is 12.8 Å². The molecular formula is C89H115Cl2N7O30. The Morgan fingerprint density at radius 1 is 0.703 bits per heavy atom. The largest absolute Gasteiger partial charge is 0.508 e. The number of unbranched alkanes of at least 4 members (excludes halogenated alkanes) is 7. The van der Waals surface area contributed by atoms with Gasteiger partial charge in [0.1, 0.15) is 102 Å². The van der Waals surface area contributed by atoms with E-state index in [0.717, 1.165) is 81.0 Å². The third-order valence-electron chi connectivity index (χ3n) is 23.7. The van der Waals surface area contributed by atoms with Crippen LogP contribution >= 0.6 is 23.2 Å². The summed E-state index contributed by atoms with van der Waals surface area (Å²) in [5, 5.41) is 162. The number of nitrogens with two attached hydrogens (primary N) is 1. The molecule has 39 heteroatoms. The zero-order valence-electron chi connectivity index (χ0n) is 71.5. The summed E-state index contributed by atoms with van der Waals surface area (Å²) in [5.74, 6) is -17.8. The molecule has 0 saturated carbocycles. The minimum Gasteiger partial charge on any atom is -0.508 e. The average molecular weight is 1830 g/mol. The molecule has 21 N–H and O–H groups in total. The molecule has 12 rings (SSSR count). The van der Waals surface area contributed by atoms with Crippen LogP contribution < -0.4 is 51.8 Å². The Morgan fingerprint density at radius 3 is 1.96 bits per heavy atom. The summed E-state index contributed by atoms with van der Waals surface area (Å²) in [7, 11) is 0. The number of rotatable bonds is 34. The smallest absolute Gasteiger partial charge is 0.295 e. The van der Waals surface area contributed by atoms with Crippen LogP contribution in [0.1, 0.15) is 209 Å². The number of ether oxygens (including phenoxy) is 7. The van der Waals surface area contributed by atoms with Crippen molar-refractivity contribution in [2.75, 3.05) is 25.1 Å². The van der Waals surface area contributed by atoms with E-state index in [1.807, 2.05) is 13.8 Å². The van der Waals surface area contributed by atoms with Crippen LogP contribution in [0.4, 0.5) is 5.69 Å². The summed E-state index contributed by atoms with van der Waals surface area (Å²) >= 11 is 14.4. The number of hydrogen-bond donors (Lipinski definition) is 20. The minimum atomic E-state index is -2.25. The second kappa shape index (κ2) is 45.2. The van der Waals surface area contributed by atoms with Gasteiger partial charge < -0.3 is 137 Å². The number of ketones is 3. The van der Waals surface area contributed by atoms with Crippen molar-refractivity contribution in [3.63, 3.8) is 0 Å². The molecule has 0 radical (unpaired) electrons. The normalized spacial score (nSPS) is 26.8. The number of phenols is 2. The Hall–Kier alpha value is -9.78. The number of carbonyl (C=O) groups excluding carboxylic acids is 10. The summed E-state index contributed by atoms with van der Waals surface area (Å²) in [5.41, 5.74) is 2.50. The van der Waals surface area contributed by atoms with Gasteiger partial charge in [0.05, 0.1) is 46.7 Å². The number of benzene rings is 5. The molecule has 37 nitrogen and oxygen atoms in total. The summed E-state index contributed by atoms with van der Waals surface area (Å²) in [6.07, 6.45) is -25.2. The number of halogens is 2. The van der Waals surface area contributed by atoms with Crippen molar-refractivity contribution in [3.05, 3.63) is 117 Å². The average Bonchev–Trinajstić information content (AvgIpc) is 0.770. The monoisotopic (exact) mass is 1830 g/mol. The van der Waals surface area contributed by atoms with Gasteiger partial charge in [-0.25, -0.2) is 0 Å². The number of aliphatic hydroxyl groups is 11. The van der Waals surface area contributed by atoms with Gasteiger partial charge in [-0.1, -0.05) is 108 Å². The van der Waals surface area contributed by atoms with Crippen LogP contribution in [0.5, 0.6) is 40.2 Å². The summed E-state index contributed by atoms with van der Waals surface area (Å²) in [6, 6.07) is 8.49. The molecular weight excluding hydrogens is 1720 g/mol. The predicted octanol–water partition coefficient (Wildman–Crippen LogP) is 4.75. The second-order valence-corrected chi connectivity index (χ2v) is 34.6. The number of anilines is 1. The lowest BCUT2D eigenvalue weighted by molar-refractivity contribution is -0.334. The third kappa shape index (κ3) is 24.4.